The molecular formula is C29H40N2O3S. The number of amides is 1. The van der Waals surface area contributed by atoms with Gasteiger partial charge in [0.15, 0.2) is 0 Å². The molecule has 0 aromatic heterocycles. The third kappa shape index (κ3) is 6.53. The van der Waals surface area contributed by atoms with Crippen molar-refractivity contribution in [2.75, 3.05) is 13.1 Å². The molecular weight excluding hydrogens is 456 g/mol. The number of benzene rings is 2. The summed E-state index contributed by atoms with van der Waals surface area (Å²) in [4.78, 5) is 12.8. The summed E-state index contributed by atoms with van der Waals surface area (Å²) in [6.07, 6.45) is 9.52. The van der Waals surface area contributed by atoms with Crippen molar-refractivity contribution in [2.24, 2.45) is 23.5 Å². The summed E-state index contributed by atoms with van der Waals surface area (Å²) >= 11 is 0. The van der Waals surface area contributed by atoms with Gasteiger partial charge in [-0.3, -0.25) is 4.79 Å². The Morgan fingerprint density at radius 1 is 0.857 bits per heavy atom. The van der Waals surface area contributed by atoms with Crippen LogP contribution in [0.25, 0.3) is 0 Å². The standard InChI is InChI=1S/C29H40N2O3S/c1-22-12-16-25(17-13-22)28(29(30)32)26-18-14-24(15-19-26)21-31(20-23-8-4-2-5-9-23)35(33,34)27-10-6-3-7-11-27/h3,6-7,10-13,16-17,23-24,26,28H,2,4-5,8-9,14-15,18-21H2,1H3,(H2,30,32). The third-order valence-corrected chi connectivity index (χ3v) is 9.98. The van der Waals surface area contributed by atoms with Gasteiger partial charge in [0.05, 0.1) is 10.8 Å². The van der Waals surface area contributed by atoms with E-state index in [-0.39, 0.29) is 17.7 Å². The Morgan fingerprint density at radius 2 is 1.43 bits per heavy atom. The average molecular weight is 497 g/mol. The lowest BCUT2D eigenvalue weighted by atomic mass is 9.73. The lowest BCUT2D eigenvalue weighted by Gasteiger charge is -2.36. The van der Waals surface area contributed by atoms with E-state index in [2.05, 4.69) is 0 Å². The molecule has 6 heteroatoms. The second-order valence-electron chi connectivity index (χ2n) is 10.7. The molecule has 2 aliphatic rings. The average Bonchev–Trinajstić information content (AvgIpc) is 2.87. The Kier molecular flexibility index (Phi) is 8.66. The monoisotopic (exact) mass is 496 g/mol. The smallest absolute Gasteiger partial charge is 0.243 e. The number of carbonyl (C=O) groups excluding carboxylic acids is 1. The number of carbonyl (C=O) groups is 1. The molecule has 2 aliphatic carbocycles. The van der Waals surface area contributed by atoms with Crippen LogP contribution in [0, 0.1) is 24.7 Å². The van der Waals surface area contributed by atoms with Crippen LogP contribution >= 0.6 is 0 Å². The zero-order valence-electron chi connectivity index (χ0n) is 20.9. The number of hydrogen-bond acceptors (Lipinski definition) is 3. The van der Waals surface area contributed by atoms with Gasteiger partial charge < -0.3 is 5.73 Å². The van der Waals surface area contributed by atoms with Crippen LogP contribution in [0.15, 0.2) is 59.5 Å². The van der Waals surface area contributed by atoms with Crippen LogP contribution in [-0.4, -0.2) is 31.7 Å². The summed E-state index contributed by atoms with van der Waals surface area (Å²) in [5.74, 6) is 0.425. The van der Waals surface area contributed by atoms with Crippen molar-refractivity contribution in [2.45, 2.75) is 75.5 Å². The zero-order chi connectivity index (χ0) is 24.8. The van der Waals surface area contributed by atoms with Crippen LogP contribution in [0.4, 0.5) is 0 Å². The minimum Gasteiger partial charge on any atom is -0.369 e. The normalized spacial score (nSPS) is 22.7. The van der Waals surface area contributed by atoms with E-state index in [9.17, 15) is 13.2 Å². The number of primary amides is 1. The van der Waals surface area contributed by atoms with Crippen molar-refractivity contribution >= 4 is 15.9 Å². The summed E-state index contributed by atoms with van der Waals surface area (Å²) in [5.41, 5.74) is 8.01. The molecule has 190 valence electrons. The lowest BCUT2D eigenvalue weighted by Crippen LogP contribution is -2.40. The first-order chi connectivity index (χ1) is 16.8. The second kappa shape index (κ2) is 11.7. The van der Waals surface area contributed by atoms with E-state index in [0.717, 1.165) is 44.1 Å². The fraction of sp³-hybridized carbons (Fsp3) is 0.552. The van der Waals surface area contributed by atoms with Crippen molar-refractivity contribution < 1.29 is 13.2 Å². The van der Waals surface area contributed by atoms with Gasteiger partial charge in [0.25, 0.3) is 0 Å². The highest BCUT2D eigenvalue weighted by Gasteiger charge is 2.35. The molecule has 1 amide bonds. The largest absolute Gasteiger partial charge is 0.369 e. The third-order valence-electron chi connectivity index (χ3n) is 8.14. The Bertz CT molecular complexity index is 1050. The minimum absolute atomic E-state index is 0.212. The van der Waals surface area contributed by atoms with Gasteiger partial charge in [0.1, 0.15) is 0 Å². The van der Waals surface area contributed by atoms with Gasteiger partial charge in [-0.15, -0.1) is 0 Å². The van der Waals surface area contributed by atoms with Crippen LogP contribution in [0.3, 0.4) is 0 Å². The quantitative estimate of drug-likeness (QED) is 0.488. The number of aryl methyl sites for hydroxylation is 1. The summed E-state index contributed by atoms with van der Waals surface area (Å²) < 4.78 is 29.0. The maximum atomic E-state index is 13.6. The van der Waals surface area contributed by atoms with E-state index in [1.165, 1.54) is 24.8 Å². The molecule has 2 saturated carbocycles. The number of rotatable bonds is 9. The fourth-order valence-corrected chi connectivity index (χ4v) is 7.72. The fourth-order valence-electron chi connectivity index (χ4n) is 6.10. The number of nitrogens with two attached hydrogens (primary N) is 1. The van der Waals surface area contributed by atoms with Crippen LogP contribution in [0.2, 0.25) is 0 Å². The first-order valence-electron chi connectivity index (χ1n) is 13.3. The van der Waals surface area contributed by atoms with Crippen LogP contribution in [0.5, 0.6) is 0 Å². The van der Waals surface area contributed by atoms with Crippen LogP contribution < -0.4 is 5.73 Å². The Balaban J connectivity index is 1.45. The topological polar surface area (TPSA) is 80.5 Å². The Morgan fingerprint density at radius 3 is 2.00 bits per heavy atom. The van der Waals surface area contributed by atoms with Crippen molar-refractivity contribution in [3.8, 4) is 0 Å². The molecule has 0 saturated heterocycles. The van der Waals surface area contributed by atoms with Crippen molar-refractivity contribution in [3.63, 3.8) is 0 Å². The minimum atomic E-state index is -3.53. The van der Waals surface area contributed by atoms with Gasteiger partial charge in [-0.25, -0.2) is 8.42 Å². The molecule has 0 bridgehead atoms. The number of hydrogen-bond donors (Lipinski definition) is 1. The Hall–Kier alpha value is -2.18. The molecule has 0 radical (unpaired) electrons. The van der Waals surface area contributed by atoms with Crippen molar-refractivity contribution in [3.05, 3.63) is 65.7 Å². The summed E-state index contributed by atoms with van der Waals surface area (Å²) in [5, 5.41) is 0. The second-order valence-corrected chi connectivity index (χ2v) is 12.6. The van der Waals surface area contributed by atoms with Gasteiger partial charge in [-0.05, 0) is 80.9 Å². The summed E-state index contributed by atoms with van der Waals surface area (Å²) in [6.45, 7) is 3.22. The molecule has 4 rings (SSSR count). The maximum absolute atomic E-state index is 13.6. The molecule has 1 unspecified atom stereocenters. The van der Waals surface area contributed by atoms with Crippen molar-refractivity contribution in [1.29, 1.82) is 0 Å². The predicted octanol–water partition coefficient (Wildman–Crippen LogP) is 5.64. The molecule has 0 heterocycles. The molecule has 2 fully saturated rings. The maximum Gasteiger partial charge on any atom is 0.243 e. The van der Waals surface area contributed by atoms with Gasteiger partial charge in [-0.2, -0.15) is 4.31 Å². The van der Waals surface area contributed by atoms with E-state index < -0.39 is 10.0 Å². The lowest BCUT2D eigenvalue weighted by molar-refractivity contribution is -0.121. The predicted molar refractivity (Wildman–Crippen MR) is 140 cm³/mol. The highest BCUT2D eigenvalue weighted by molar-refractivity contribution is 7.89. The molecule has 0 aliphatic heterocycles. The SMILES string of the molecule is Cc1ccc(C(C(N)=O)C2CCC(CN(CC3CCCCC3)S(=O)(=O)c3ccccc3)CC2)cc1. The molecule has 2 aromatic rings. The molecule has 1 atom stereocenters. The van der Waals surface area contributed by atoms with E-state index in [1.807, 2.05) is 37.3 Å². The van der Waals surface area contributed by atoms with E-state index >= 15 is 0 Å². The highest BCUT2D eigenvalue weighted by atomic mass is 32.2. The Labute approximate surface area is 211 Å². The van der Waals surface area contributed by atoms with E-state index in [0.29, 0.717) is 29.8 Å². The van der Waals surface area contributed by atoms with Crippen molar-refractivity contribution in [1.82, 2.24) is 4.31 Å². The van der Waals surface area contributed by atoms with Gasteiger partial charge in [0, 0.05) is 13.1 Å². The van der Waals surface area contributed by atoms with Gasteiger partial charge in [-0.1, -0.05) is 67.3 Å². The van der Waals surface area contributed by atoms with Gasteiger partial charge >= 0.3 is 0 Å². The highest BCUT2D eigenvalue weighted by Crippen LogP contribution is 2.39. The number of nitrogens with zero attached hydrogens (tertiary/aromatic N) is 1. The summed E-state index contributed by atoms with van der Waals surface area (Å²) in [6, 6.07) is 17.0. The zero-order valence-corrected chi connectivity index (χ0v) is 21.8. The first kappa shape index (κ1) is 25.9. The molecule has 35 heavy (non-hydrogen) atoms. The number of sulfonamides is 1. The molecule has 2 N–H and O–H groups in total. The van der Waals surface area contributed by atoms with E-state index in [1.54, 1.807) is 28.6 Å². The molecule has 0 spiro atoms. The van der Waals surface area contributed by atoms with Crippen LogP contribution in [-0.2, 0) is 14.8 Å². The first-order valence-corrected chi connectivity index (χ1v) is 14.7. The van der Waals surface area contributed by atoms with E-state index in [4.69, 9.17) is 5.73 Å². The molecule has 2 aromatic carbocycles. The summed E-state index contributed by atoms with van der Waals surface area (Å²) in [7, 11) is -3.53. The van der Waals surface area contributed by atoms with Crippen LogP contribution in [0.1, 0.15) is 74.8 Å². The van der Waals surface area contributed by atoms with Gasteiger partial charge in [0.2, 0.25) is 15.9 Å². The molecule has 5 nitrogen and oxygen atoms in total.